The fourth-order valence-corrected chi connectivity index (χ4v) is 2.36. The summed E-state index contributed by atoms with van der Waals surface area (Å²) in [5.74, 6) is -1.66. The van der Waals surface area contributed by atoms with E-state index in [1.807, 2.05) is 24.3 Å². The highest BCUT2D eigenvalue weighted by molar-refractivity contribution is 6.30. The maximum atomic E-state index is 12.1. The van der Waals surface area contributed by atoms with Gasteiger partial charge in [0.05, 0.1) is 11.1 Å². The average Bonchev–Trinajstić information content (AvgIpc) is 2.58. The highest BCUT2D eigenvalue weighted by Gasteiger charge is 2.31. The van der Waals surface area contributed by atoms with E-state index in [0.29, 0.717) is 17.5 Å². The van der Waals surface area contributed by atoms with Crippen molar-refractivity contribution in [3.8, 4) is 6.07 Å². The number of hydrogen-bond donors (Lipinski definition) is 0. The van der Waals surface area contributed by atoms with Crippen molar-refractivity contribution in [2.24, 2.45) is 0 Å². The normalized spacial score (nSPS) is 11.6. The first-order valence-corrected chi connectivity index (χ1v) is 7.22. The second kappa shape index (κ2) is 5.97. The number of nitriles is 1. The van der Waals surface area contributed by atoms with Crippen LogP contribution in [0.15, 0.2) is 36.4 Å². The lowest BCUT2D eigenvalue weighted by Gasteiger charge is -2.20. The van der Waals surface area contributed by atoms with Crippen LogP contribution < -0.4 is 0 Å². The quantitative estimate of drug-likeness (QED) is 0.491. The molecule has 1 aromatic heterocycles. The molecule has 0 radical (unpaired) electrons. The van der Waals surface area contributed by atoms with Crippen molar-refractivity contribution in [3.63, 3.8) is 0 Å². The molecule has 118 valence electrons. The zero-order valence-electron chi connectivity index (χ0n) is 12.8. The van der Waals surface area contributed by atoms with Gasteiger partial charge in [0.25, 0.3) is 0 Å². The summed E-state index contributed by atoms with van der Waals surface area (Å²) in [5, 5.41) is 10.1. The summed E-state index contributed by atoms with van der Waals surface area (Å²) in [4.78, 5) is 36.8. The molecule has 6 nitrogen and oxygen atoms in total. The van der Waals surface area contributed by atoms with Gasteiger partial charge in [-0.3, -0.25) is 0 Å². The first-order valence-electron chi connectivity index (χ1n) is 7.22. The third-order valence-electron chi connectivity index (χ3n) is 3.72. The minimum Gasteiger partial charge on any atom is -0.242 e. The van der Waals surface area contributed by atoms with Gasteiger partial charge in [-0.25, -0.2) is 24.3 Å². The van der Waals surface area contributed by atoms with Crippen LogP contribution in [-0.4, -0.2) is 16.9 Å². The number of nitrogens with zero attached hydrogens (tertiary/aromatic N) is 2. The molecule has 0 unspecified atom stereocenters. The fourth-order valence-electron chi connectivity index (χ4n) is 2.36. The number of benzene rings is 1. The van der Waals surface area contributed by atoms with Crippen LogP contribution in [0.3, 0.4) is 0 Å². The van der Waals surface area contributed by atoms with E-state index in [2.05, 4.69) is 21.3 Å². The van der Waals surface area contributed by atoms with Crippen LogP contribution in [0.25, 0.3) is 22.6 Å². The van der Waals surface area contributed by atoms with Crippen LogP contribution in [0.5, 0.6) is 0 Å². The maximum Gasteiger partial charge on any atom is 0.387 e. The third kappa shape index (κ3) is 2.42. The molecule has 3 rings (SSSR count). The maximum absolute atomic E-state index is 12.1. The number of hydrogen-bond acceptors (Lipinski definition) is 6. The fraction of sp³-hybridized carbons (Fsp3) is 0.111. The van der Waals surface area contributed by atoms with E-state index in [0.717, 1.165) is 10.9 Å². The minimum atomic E-state index is -0.853. The van der Waals surface area contributed by atoms with Crippen molar-refractivity contribution in [2.45, 2.75) is 13.3 Å². The van der Waals surface area contributed by atoms with Crippen molar-refractivity contribution >= 4 is 34.5 Å². The molecule has 0 amide bonds. The Bertz CT molecular complexity index is 967. The van der Waals surface area contributed by atoms with Gasteiger partial charge in [-0.1, -0.05) is 31.7 Å². The minimum absolute atomic E-state index is 0.127. The van der Waals surface area contributed by atoms with Crippen LogP contribution in [0.4, 0.5) is 0 Å². The van der Waals surface area contributed by atoms with Crippen molar-refractivity contribution in [2.75, 3.05) is 0 Å². The van der Waals surface area contributed by atoms with Gasteiger partial charge in [0, 0.05) is 16.5 Å². The molecule has 6 heteroatoms. The molecular weight excluding hydrogens is 308 g/mol. The number of pyridine rings is 1. The Labute approximate surface area is 137 Å². The highest BCUT2D eigenvalue weighted by Crippen LogP contribution is 2.39. The third-order valence-corrected chi connectivity index (χ3v) is 3.72. The smallest absolute Gasteiger partial charge is 0.242 e. The molecule has 1 aliphatic rings. The van der Waals surface area contributed by atoms with Gasteiger partial charge in [-0.05, 0) is 24.1 Å². The number of para-hydroxylation sites is 1. The van der Waals surface area contributed by atoms with E-state index >= 15 is 0 Å². The van der Waals surface area contributed by atoms with Crippen molar-refractivity contribution in [3.05, 3.63) is 53.2 Å². The van der Waals surface area contributed by atoms with Crippen LogP contribution >= 0.6 is 0 Å². The van der Waals surface area contributed by atoms with Gasteiger partial charge < -0.3 is 0 Å². The van der Waals surface area contributed by atoms with E-state index in [1.165, 1.54) is 0 Å². The van der Waals surface area contributed by atoms with E-state index in [4.69, 9.17) is 0 Å². The van der Waals surface area contributed by atoms with Gasteiger partial charge in [0.15, 0.2) is 0 Å². The second-order valence-electron chi connectivity index (χ2n) is 5.13. The molecule has 1 heterocycles. The van der Waals surface area contributed by atoms with Crippen molar-refractivity contribution in [1.29, 1.82) is 5.26 Å². The molecule has 0 spiro atoms. The largest absolute Gasteiger partial charge is 0.387 e. The summed E-state index contributed by atoms with van der Waals surface area (Å²) >= 11 is 0. The Balaban J connectivity index is 1.86. The molecule has 24 heavy (non-hydrogen) atoms. The van der Waals surface area contributed by atoms with Gasteiger partial charge in [-0.2, -0.15) is 5.26 Å². The Kier molecular flexibility index (Phi) is 3.84. The summed E-state index contributed by atoms with van der Waals surface area (Å²) in [6.07, 6.45) is 1.97. The molecular formula is C18H12N2O4. The summed E-state index contributed by atoms with van der Waals surface area (Å²) in [6.45, 7) is 5.22. The first kappa shape index (κ1) is 15.4. The van der Waals surface area contributed by atoms with Gasteiger partial charge >= 0.3 is 11.9 Å². The lowest BCUT2D eigenvalue weighted by molar-refractivity contribution is -0.250. The first-order chi connectivity index (χ1) is 11.6. The molecule has 0 saturated carbocycles. The second-order valence-corrected chi connectivity index (χ2v) is 5.13. The molecule has 1 aliphatic carbocycles. The standard InChI is InChI=1S/C18H12N2O4/c1-3-10(2)17(21)23-24-18(22)13-8-12-11-6-4-5-7-14(11)20-15(9-19)16(12)13/h4-8H,2-3H2,1H3. The Morgan fingerprint density at radius 2 is 2.04 bits per heavy atom. The topological polar surface area (TPSA) is 89.3 Å². The Hall–Kier alpha value is -3.46. The van der Waals surface area contributed by atoms with Crippen LogP contribution in [-0.2, 0) is 19.4 Å². The van der Waals surface area contributed by atoms with Crippen molar-refractivity contribution in [1.82, 2.24) is 4.98 Å². The van der Waals surface area contributed by atoms with Gasteiger partial charge in [-0.15, -0.1) is 0 Å². The number of aromatic nitrogens is 1. The number of rotatable bonds is 3. The molecule has 1 aromatic carbocycles. The molecule has 0 saturated heterocycles. The summed E-state index contributed by atoms with van der Waals surface area (Å²) in [5.41, 5.74) is 2.29. The van der Waals surface area contributed by atoms with Crippen LogP contribution in [0, 0.1) is 11.3 Å². The lowest BCUT2D eigenvalue weighted by Crippen LogP contribution is -2.18. The summed E-state index contributed by atoms with van der Waals surface area (Å²) in [7, 11) is 0. The number of fused-ring (bicyclic) bond motifs is 3. The van der Waals surface area contributed by atoms with E-state index in [9.17, 15) is 14.9 Å². The van der Waals surface area contributed by atoms with Crippen LogP contribution in [0.2, 0.25) is 0 Å². The van der Waals surface area contributed by atoms with Crippen molar-refractivity contribution < 1.29 is 19.4 Å². The van der Waals surface area contributed by atoms with E-state index in [1.54, 1.807) is 19.1 Å². The monoisotopic (exact) mass is 320 g/mol. The summed E-state index contributed by atoms with van der Waals surface area (Å²) in [6, 6.07) is 9.28. The lowest BCUT2D eigenvalue weighted by atomic mass is 9.85. The zero-order chi connectivity index (χ0) is 17.3. The molecule has 0 atom stereocenters. The van der Waals surface area contributed by atoms with E-state index < -0.39 is 11.9 Å². The molecule has 2 aromatic rings. The molecule has 0 aliphatic heterocycles. The van der Waals surface area contributed by atoms with Gasteiger partial charge in [0.1, 0.15) is 11.8 Å². The SMILES string of the molecule is C=C(CC)C(=O)OOC(=O)C1=Cc2c1c(C#N)nc1ccccc21. The van der Waals surface area contributed by atoms with E-state index in [-0.39, 0.29) is 16.8 Å². The summed E-state index contributed by atoms with van der Waals surface area (Å²) < 4.78 is 0. The zero-order valence-corrected chi connectivity index (χ0v) is 12.8. The Morgan fingerprint density at radius 3 is 2.75 bits per heavy atom. The highest BCUT2D eigenvalue weighted by atomic mass is 17.2. The number of carbonyl (C=O) groups excluding carboxylic acids is 2. The predicted molar refractivity (Wildman–Crippen MR) is 85.9 cm³/mol. The molecule has 0 bridgehead atoms. The average molecular weight is 320 g/mol. The molecule has 0 N–H and O–H groups in total. The Morgan fingerprint density at radius 1 is 1.29 bits per heavy atom. The van der Waals surface area contributed by atoms with Crippen LogP contribution in [0.1, 0.15) is 30.2 Å². The number of carbonyl (C=O) groups is 2. The van der Waals surface area contributed by atoms with Gasteiger partial charge in [0.2, 0.25) is 0 Å². The molecule has 0 fully saturated rings. The predicted octanol–water partition coefficient (Wildman–Crippen LogP) is 2.93.